The van der Waals surface area contributed by atoms with Crippen LogP contribution in [0, 0.1) is 11.6 Å². The van der Waals surface area contributed by atoms with Crippen molar-refractivity contribution in [1.29, 1.82) is 0 Å². The van der Waals surface area contributed by atoms with Gasteiger partial charge in [0.1, 0.15) is 11.6 Å². The monoisotopic (exact) mass is 411 g/mol. The van der Waals surface area contributed by atoms with Crippen molar-refractivity contribution in [2.45, 2.75) is 25.3 Å². The summed E-state index contributed by atoms with van der Waals surface area (Å²) in [5.41, 5.74) is 2.55. The quantitative estimate of drug-likeness (QED) is 0.451. The number of fused-ring (bicyclic) bond motifs is 1. The number of nitrogens with zero attached hydrogens (tertiary/aromatic N) is 3. The second-order valence-corrected chi connectivity index (χ2v) is 7.40. The fraction of sp³-hybridized carbons (Fsp3) is 0.304. The predicted octanol–water partition coefficient (Wildman–Crippen LogP) is 4.18. The maximum atomic E-state index is 14.8. The van der Waals surface area contributed by atoms with E-state index in [1.54, 1.807) is 0 Å². The minimum absolute atomic E-state index is 0.0996. The highest BCUT2D eigenvalue weighted by molar-refractivity contribution is 5.86. The Morgan fingerprint density at radius 3 is 2.87 bits per heavy atom. The highest BCUT2D eigenvalue weighted by Gasteiger charge is 2.30. The number of ether oxygens (including phenoxy) is 1. The number of methoxy groups -OCH3 is 1. The van der Waals surface area contributed by atoms with Gasteiger partial charge in [-0.25, -0.2) is 18.1 Å². The average molecular weight is 411 g/mol. The summed E-state index contributed by atoms with van der Waals surface area (Å²) in [7, 11) is 1.25. The molecular formula is C23H23F2N3O2. The molecule has 0 radical (unpaired) electrons. The highest BCUT2D eigenvalue weighted by atomic mass is 19.1. The molecule has 7 heteroatoms. The van der Waals surface area contributed by atoms with E-state index in [2.05, 4.69) is 14.7 Å². The van der Waals surface area contributed by atoms with Crippen LogP contribution < -0.4 is 0 Å². The molecule has 0 amide bonds. The molecule has 1 saturated heterocycles. The van der Waals surface area contributed by atoms with Gasteiger partial charge in [0.25, 0.3) is 0 Å². The van der Waals surface area contributed by atoms with E-state index in [1.807, 2.05) is 35.1 Å². The molecule has 0 spiro atoms. The molecule has 5 nitrogen and oxygen atoms in total. The lowest BCUT2D eigenvalue weighted by Gasteiger charge is -2.25. The van der Waals surface area contributed by atoms with Crippen LogP contribution in [-0.2, 0) is 16.0 Å². The number of hydrogen-bond acceptors (Lipinski definition) is 4. The van der Waals surface area contributed by atoms with Gasteiger partial charge in [0.05, 0.1) is 18.8 Å². The van der Waals surface area contributed by atoms with E-state index >= 15 is 0 Å². The number of halogens is 2. The Kier molecular flexibility index (Phi) is 5.90. The number of hydrogen-bond donors (Lipinski definition) is 0. The average Bonchev–Trinajstić information content (AvgIpc) is 3.37. The number of rotatable bonds is 6. The zero-order valence-electron chi connectivity index (χ0n) is 16.7. The second-order valence-electron chi connectivity index (χ2n) is 7.40. The van der Waals surface area contributed by atoms with E-state index in [1.165, 1.54) is 25.3 Å². The zero-order valence-corrected chi connectivity index (χ0v) is 16.7. The Balaban J connectivity index is 1.51. The summed E-state index contributed by atoms with van der Waals surface area (Å²) >= 11 is 0. The first kappa shape index (κ1) is 20.2. The third kappa shape index (κ3) is 4.11. The summed E-state index contributed by atoms with van der Waals surface area (Å²) in [6.45, 7) is 1.50. The molecule has 1 aliphatic rings. The molecule has 0 aliphatic carbocycles. The molecule has 2 aromatic heterocycles. The standard InChI is InChI=1S/C23H23F2N3O2/c1-30-22(29)8-7-16-13-18(24)23(19(25)14-16)21-6-4-10-27(21)12-9-17-15-26-28-11-3-2-5-20(17)28/h2-3,5,7-8,11,13-15,21H,4,6,9-10,12H2,1H3. The van der Waals surface area contributed by atoms with E-state index in [4.69, 9.17) is 0 Å². The normalized spacial score (nSPS) is 17.2. The van der Waals surface area contributed by atoms with E-state index < -0.39 is 17.6 Å². The van der Waals surface area contributed by atoms with Gasteiger partial charge < -0.3 is 4.74 Å². The van der Waals surface area contributed by atoms with Crippen molar-refractivity contribution in [3.05, 3.63) is 77.1 Å². The number of carbonyl (C=O) groups excluding carboxylic acids is 1. The predicted molar refractivity (Wildman–Crippen MR) is 110 cm³/mol. The lowest BCUT2D eigenvalue weighted by atomic mass is 10.0. The van der Waals surface area contributed by atoms with Crippen LogP contribution in [-0.4, -0.2) is 40.7 Å². The Hall–Kier alpha value is -3.06. The van der Waals surface area contributed by atoms with Gasteiger partial charge in [0.15, 0.2) is 0 Å². The van der Waals surface area contributed by atoms with Gasteiger partial charge >= 0.3 is 5.97 Å². The highest BCUT2D eigenvalue weighted by Crippen LogP contribution is 2.35. The molecule has 1 fully saturated rings. The van der Waals surface area contributed by atoms with Crippen molar-refractivity contribution < 1.29 is 18.3 Å². The summed E-state index contributed by atoms with van der Waals surface area (Å²) in [5, 5.41) is 4.35. The molecule has 4 rings (SSSR count). The molecule has 30 heavy (non-hydrogen) atoms. The third-order valence-electron chi connectivity index (χ3n) is 5.59. The molecule has 0 N–H and O–H groups in total. The van der Waals surface area contributed by atoms with E-state index in [-0.39, 0.29) is 17.2 Å². The molecule has 0 saturated carbocycles. The van der Waals surface area contributed by atoms with Gasteiger partial charge in [-0.3, -0.25) is 4.90 Å². The SMILES string of the molecule is COC(=O)C=Cc1cc(F)c(C2CCCN2CCc2cnn3ccccc23)c(F)c1. The first-order valence-electron chi connectivity index (χ1n) is 9.97. The molecule has 1 aliphatic heterocycles. The summed E-state index contributed by atoms with van der Waals surface area (Å²) in [4.78, 5) is 13.4. The van der Waals surface area contributed by atoms with Crippen LogP contribution in [0.5, 0.6) is 0 Å². The Morgan fingerprint density at radius 1 is 1.30 bits per heavy atom. The number of benzene rings is 1. The fourth-order valence-electron chi connectivity index (χ4n) is 4.12. The van der Waals surface area contributed by atoms with Crippen molar-refractivity contribution in [1.82, 2.24) is 14.5 Å². The van der Waals surface area contributed by atoms with Crippen molar-refractivity contribution in [2.24, 2.45) is 0 Å². The van der Waals surface area contributed by atoms with Gasteiger partial charge in [0.2, 0.25) is 0 Å². The van der Waals surface area contributed by atoms with Crippen molar-refractivity contribution >= 4 is 17.6 Å². The molecule has 0 bridgehead atoms. The minimum atomic E-state index is -0.590. The first-order valence-corrected chi connectivity index (χ1v) is 9.97. The van der Waals surface area contributed by atoms with E-state index in [0.717, 1.165) is 36.5 Å². The lowest BCUT2D eigenvalue weighted by molar-refractivity contribution is -0.134. The zero-order chi connectivity index (χ0) is 21.1. The molecule has 3 heterocycles. The largest absolute Gasteiger partial charge is 0.466 e. The Bertz CT molecular complexity index is 1070. The van der Waals surface area contributed by atoms with Crippen LogP contribution in [0.2, 0.25) is 0 Å². The van der Waals surface area contributed by atoms with Gasteiger partial charge in [-0.15, -0.1) is 0 Å². The van der Waals surface area contributed by atoms with Gasteiger partial charge in [-0.2, -0.15) is 5.10 Å². The number of pyridine rings is 1. The van der Waals surface area contributed by atoms with Gasteiger partial charge in [-0.1, -0.05) is 6.07 Å². The van der Waals surface area contributed by atoms with Crippen LogP contribution >= 0.6 is 0 Å². The van der Waals surface area contributed by atoms with E-state index in [9.17, 15) is 13.6 Å². The number of esters is 1. The van der Waals surface area contributed by atoms with Crippen LogP contribution in [0.15, 0.2) is 48.8 Å². The lowest BCUT2D eigenvalue weighted by Crippen LogP contribution is -2.27. The molecule has 3 aromatic rings. The molecule has 1 atom stereocenters. The number of aromatic nitrogens is 2. The number of carbonyl (C=O) groups is 1. The minimum Gasteiger partial charge on any atom is -0.466 e. The van der Waals surface area contributed by atoms with Crippen LogP contribution in [0.4, 0.5) is 8.78 Å². The van der Waals surface area contributed by atoms with Crippen molar-refractivity contribution in [3.8, 4) is 0 Å². The molecule has 1 unspecified atom stereocenters. The van der Waals surface area contributed by atoms with Crippen LogP contribution in [0.25, 0.3) is 11.6 Å². The van der Waals surface area contributed by atoms with Gasteiger partial charge in [-0.05, 0) is 67.3 Å². The Labute approximate surface area is 173 Å². The van der Waals surface area contributed by atoms with Crippen LogP contribution in [0.1, 0.15) is 35.6 Å². The number of likely N-dealkylation sites (tertiary alicyclic amines) is 1. The van der Waals surface area contributed by atoms with E-state index in [0.29, 0.717) is 13.0 Å². The summed E-state index contributed by atoms with van der Waals surface area (Å²) in [6.07, 6.45) is 8.60. The smallest absolute Gasteiger partial charge is 0.330 e. The van der Waals surface area contributed by atoms with Crippen LogP contribution in [0.3, 0.4) is 0 Å². The second kappa shape index (κ2) is 8.75. The third-order valence-corrected chi connectivity index (χ3v) is 5.59. The molecular weight excluding hydrogens is 388 g/mol. The topological polar surface area (TPSA) is 46.8 Å². The van der Waals surface area contributed by atoms with Crippen molar-refractivity contribution in [3.63, 3.8) is 0 Å². The summed E-state index contributed by atoms with van der Waals surface area (Å²) < 4.78 is 36.0. The summed E-state index contributed by atoms with van der Waals surface area (Å²) in [6, 6.07) is 8.14. The molecule has 1 aromatic carbocycles. The first-order chi connectivity index (χ1) is 14.6. The maximum absolute atomic E-state index is 14.8. The fourth-order valence-corrected chi connectivity index (χ4v) is 4.12. The van der Waals surface area contributed by atoms with Gasteiger partial charge in [0, 0.05) is 30.4 Å². The Morgan fingerprint density at radius 2 is 2.10 bits per heavy atom. The summed E-state index contributed by atoms with van der Waals surface area (Å²) in [5.74, 6) is -1.76. The maximum Gasteiger partial charge on any atom is 0.330 e. The van der Waals surface area contributed by atoms with Crippen molar-refractivity contribution in [2.75, 3.05) is 20.2 Å². The molecule has 156 valence electrons.